The molecule has 318 valence electrons. The first-order chi connectivity index (χ1) is 29.1. The minimum atomic E-state index is -0.904. The number of nitrogens with zero attached hydrogens (tertiary/aromatic N) is 2. The fourth-order valence-corrected chi connectivity index (χ4v) is 8.32. The summed E-state index contributed by atoms with van der Waals surface area (Å²) in [5.74, 6) is -4.00. The molecule has 1 unspecified atom stereocenters. The van der Waals surface area contributed by atoms with Crippen LogP contribution in [0.25, 0.3) is 11.1 Å². The Morgan fingerprint density at radius 1 is 0.902 bits per heavy atom. The molecular weight excluding hydrogens is 785 g/mol. The molecule has 16 heteroatoms. The van der Waals surface area contributed by atoms with Crippen LogP contribution in [-0.4, -0.2) is 75.9 Å². The number of piperidine rings is 2. The van der Waals surface area contributed by atoms with E-state index in [4.69, 9.17) is 10.8 Å². The maximum Gasteiger partial charge on any atom is 0.326 e. The number of hydrogen-bond acceptors (Lipinski definition) is 9. The standard InChI is InChI=1S/C45H49F2N9O5/c1-45(2,27-17-19-55(20-18-27)36-15-9-25(22-34(36)46)30-13-16-37(57)54-42(30)59)33-23-29(56(24-48)44(61)52-5)10-11-31(33)32-12-14-35(50-3)38(39(32)47)40(49)43(60)53-28-8-6-7-26(21-28)41(58)51-4/h6-12,14-15,21-24,27,30,48-50H,13,16-20H2,1-5H3,(H,51,58)(H,52,61)(H,53,60)(H,54,57,59). The quantitative estimate of drug-likeness (QED) is 0.0480. The molecule has 7 N–H and O–H groups in total. The van der Waals surface area contributed by atoms with Crippen molar-refractivity contribution in [2.24, 2.45) is 5.92 Å². The summed E-state index contributed by atoms with van der Waals surface area (Å²) in [4.78, 5) is 65.7. The molecule has 2 aliphatic heterocycles. The summed E-state index contributed by atoms with van der Waals surface area (Å²) >= 11 is 0. The van der Waals surface area contributed by atoms with Gasteiger partial charge in [-0.25, -0.2) is 13.6 Å². The van der Waals surface area contributed by atoms with Crippen molar-refractivity contribution in [3.63, 3.8) is 0 Å². The monoisotopic (exact) mass is 833 g/mol. The molecule has 14 nitrogen and oxygen atoms in total. The van der Waals surface area contributed by atoms with Crippen LogP contribution in [0.3, 0.4) is 0 Å². The first-order valence-electron chi connectivity index (χ1n) is 19.9. The first kappa shape index (κ1) is 43.6. The first-order valence-corrected chi connectivity index (χ1v) is 19.9. The van der Waals surface area contributed by atoms with E-state index in [9.17, 15) is 24.0 Å². The lowest BCUT2D eigenvalue weighted by Gasteiger charge is -2.43. The number of benzene rings is 4. The van der Waals surface area contributed by atoms with Crippen molar-refractivity contribution in [2.45, 2.75) is 50.9 Å². The van der Waals surface area contributed by atoms with Crippen LogP contribution in [-0.2, 0) is 19.8 Å². The van der Waals surface area contributed by atoms with Crippen LogP contribution < -0.4 is 36.4 Å². The van der Waals surface area contributed by atoms with Crippen molar-refractivity contribution in [1.82, 2.24) is 16.0 Å². The van der Waals surface area contributed by atoms with Gasteiger partial charge in [-0.1, -0.05) is 32.0 Å². The Morgan fingerprint density at radius 2 is 1.62 bits per heavy atom. The summed E-state index contributed by atoms with van der Waals surface area (Å²) in [6, 6.07) is 18.5. The zero-order chi connectivity index (χ0) is 44.2. The highest BCUT2D eigenvalue weighted by atomic mass is 19.1. The van der Waals surface area contributed by atoms with Crippen LogP contribution in [0, 0.1) is 28.4 Å². The van der Waals surface area contributed by atoms with Gasteiger partial charge in [0.25, 0.3) is 11.8 Å². The number of amides is 6. The molecule has 2 aliphatic rings. The van der Waals surface area contributed by atoms with Gasteiger partial charge in [-0.3, -0.25) is 40.2 Å². The van der Waals surface area contributed by atoms with E-state index in [1.54, 1.807) is 67.7 Å². The van der Waals surface area contributed by atoms with Gasteiger partial charge in [-0.15, -0.1) is 0 Å². The molecule has 1 atom stereocenters. The highest BCUT2D eigenvalue weighted by Crippen LogP contribution is 2.46. The number of halogens is 2. The third-order valence-corrected chi connectivity index (χ3v) is 11.8. The second kappa shape index (κ2) is 18.1. The Balaban J connectivity index is 1.33. The van der Waals surface area contributed by atoms with Gasteiger partial charge in [0.15, 0.2) is 0 Å². The van der Waals surface area contributed by atoms with Crippen LogP contribution in [0.1, 0.15) is 72.5 Å². The lowest BCUT2D eigenvalue weighted by Crippen LogP contribution is -2.42. The molecule has 2 heterocycles. The van der Waals surface area contributed by atoms with Crippen LogP contribution >= 0.6 is 0 Å². The van der Waals surface area contributed by atoms with Crippen LogP contribution in [0.5, 0.6) is 0 Å². The van der Waals surface area contributed by atoms with Crippen molar-refractivity contribution in [2.75, 3.05) is 54.7 Å². The Morgan fingerprint density at radius 3 is 2.26 bits per heavy atom. The summed E-state index contributed by atoms with van der Waals surface area (Å²) < 4.78 is 32.8. The van der Waals surface area contributed by atoms with E-state index in [2.05, 4.69) is 26.6 Å². The van der Waals surface area contributed by atoms with Crippen molar-refractivity contribution < 1.29 is 32.8 Å². The summed E-state index contributed by atoms with van der Waals surface area (Å²) in [5, 5.41) is 29.8. The highest BCUT2D eigenvalue weighted by Gasteiger charge is 2.38. The number of imide groups is 1. The Bertz CT molecular complexity index is 2430. The largest absolute Gasteiger partial charge is 0.387 e. The van der Waals surface area contributed by atoms with Crippen LogP contribution in [0.4, 0.5) is 36.3 Å². The van der Waals surface area contributed by atoms with Gasteiger partial charge in [0.2, 0.25) is 11.8 Å². The topological polar surface area (TPSA) is 200 Å². The van der Waals surface area contributed by atoms with Gasteiger partial charge in [-0.05, 0) is 102 Å². The SMILES string of the molecule is CNC(=O)c1cccc(NC(=O)C(=N)c2c(NC)ccc(-c3ccc(N(C=N)C(=O)NC)cc3C(C)(C)C3CCN(c4ccc(C5CCC(=O)NC5=O)cc4F)CC3)c2F)c1. The number of nitrogens with one attached hydrogen (secondary N) is 7. The lowest BCUT2D eigenvalue weighted by molar-refractivity contribution is -0.134. The smallest absolute Gasteiger partial charge is 0.326 e. The van der Waals surface area contributed by atoms with E-state index >= 15 is 8.78 Å². The fourth-order valence-electron chi connectivity index (χ4n) is 8.32. The van der Waals surface area contributed by atoms with Gasteiger partial charge < -0.3 is 26.2 Å². The molecule has 0 spiro atoms. The molecule has 2 fully saturated rings. The number of rotatable bonds is 12. The zero-order valence-electron chi connectivity index (χ0n) is 34.6. The molecule has 4 aromatic carbocycles. The van der Waals surface area contributed by atoms with Gasteiger partial charge >= 0.3 is 6.03 Å². The lowest BCUT2D eigenvalue weighted by atomic mass is 9.67. The normalized spacial score (nSPS) is 15.7. The molecule has 6 rings (SSSR count). The molecule has 0 bridgehead atoms. The number of carbonyl (C=O) groups excluding carboxylic acids is 5. The van der Waals surface area contributed by atoms with Crippen LogP contribution in [0.15, 0.2) is 72.8 Å². The van der Waals surface area contributed by atoms with E-state index in [-0.39, 0.29) is 52.2 Å². The van der Waals surface area contributed by atoms with Gasteiger partial charge in [-0.2, -0.15) is 0 Å². The number of anilines is 4. The van der Waals surface area contributed by atoms with Crippen molar-refractivity contribution in [1.29, 1.82) is 10.8 Å². The molecule has 4 aromatic rings. The molecule has 61 heavy (non-hydrogen) atoms. The van der Waals surface area contributed by atoms with Crippen molar-refractivity contribution in [3.8, 4) is 11.1 Å². The predicted octanol–water partition coefficient (Wildman–Crippen LogP) is 6.51. The third-order valence-electron chi connectivity index (χ3n) is 11.8. The maximum absolute atomic E-state index is 17.1. The van der Waals surface area contributed by atoms with E-state index in [0.29, 0.717) is 60.4 Å². The average molecular weight is 834 g/mol. The molecule has 0 radical (unpaired) electrons. The van der Waals surface area contributed by atoms with Gasteiger partial charge in [0.1, 0.15) is 17.3 Å². The minimum Gasteiger partial charge on any atom is -0.387 e. The maximum atomic E-state index is 17.1. The number of hydrogen-bond donors (Lipinski definition) is 7. The van der Waals surface area contributed by atoms with E-state index < -0.39 is 46.5 Å². The third kappa shape index (κ3) is 8.83. The second-order valence-corrected chi connectivity index (χ2v) is 15.6. The molecule has 6 amide bonds. The molecular formula is C45H49F2N9O5. The Kier molecular flexibility index (Phi) is 12.9. The summed E-state index contributed by atoms with van der Waals surface area (Å²) in [6.45, 7) is 5.00. The van der Waals surface area contributed by atoms with E-state index in [0.717, 1.165) is 11.2 Å². The predicted molar refractivity (Wildman–Crippen MR) is 232 cm³/mol. The van der Waals surface area contributed by atoms with Crippen LogP contribution in [0.2, 0.25) is 0 Å². The molecule has 0 aliphatic carbocycles. The summed E-state index contributed by atoms with van der Waals surface area (Å²) in [6.07, 6.45) is 2.59. The molecule has 0 aromatic heterocycles. The number of carbonyl (C=O) groups is 5. The summed E-state index contributed by atoms with van der Waals surface area (Å²) in [7, 11) is 4.47. The fraction of sp³-hybridized carbons (Fsp3) is 0.311. The van der Waals surface area contributed by atoms with Crippen molar-refractivity contribution in [3.05, 3.63) is 107 Å². The molecule has 0 saturated carbocycles. The number of urea groups is 1. The van der Waals surface area contributed by atoms with E-state index in [1.165, 1.54) is 26.2 Å². The second-order valence-electron chi connectivity index (χ2n) is 15.6. The van der Waals surface area contributed by atoms with Gasteiger partial charge in [0, 0.05) is 63.2 Å². The summed E-state index contributed by atoms with van der Waals surface area (Å²) in [5.41, 5.74) is 1.50. The van der Waals surface area contributed by atoms with Crippen molar-refractivity contribution >= 4 is 64.5 Å². The minimum absolute atomic E-state index is 0.0364. The Labute approximate surface area is 352 Å². The van der Waals surface area contributed by atoms with Gasteiger partial charge in [0.05, 0.1) is 29.2 Å². The average Bonchev–Trinajstić information content (AvgIpc) is 3.26. The Hall–Kier alpha value is -6.97. The zero-order valence-corrected chi connectivity index (χ0v) is 34.6. The molecule has 2 saturated heterocycles. The highest BCUT2D eigenvalue weighted by molar-refractivity contribution is 6.48. The van der Waals surface area contributed by atoms with E-state index in [1.807, 2.05) is 18.7 Å².